The van der Waals surface area contributed by atoms with Crippen molar-refractivity contribution < 1.29 is 19.7 Å². The van der Waals surface area contributed by atoms with Gasteiger partial charge in [-0.15, -0.1) is 0 Å². The van der Waals surface area contributed by atoms with Crippen molar-refractivity contribution in [3.63, 3.8) is 0 Å². The van der Waals surface area contributed by atoms with Gasteiger partial charge in [-0.25, -0.2) is 0 Å². The first kappa shape index (κ1) is 18.8. The lowest BCUT2D eigenvalue weighted by Gasteiger charge is -2.39. The van der Waals surface area contributed by atoms with E-state index in [-0.39, 0.29) is 12.0 Å². The smallest absolute Gasteiger partial charge is 0.190 e. The Morgan fingerprint density at radius 1 is 1.24 bits per heavy atom. The van der Waals surface area contributed by atoms with E-state index in [4.69, 9.17) is 15.2 Å². The molecule has 0 radical (unpaired) electrons. The van der Waals surface area contributed by atoms with Gasteiger partial charge in [0.05, 0.1) is 13.2 Å². The standard InChI is InChI=1S/C20H31NO4/c1-4-5-11-16(21)15-13-25-17(20(23)18(2,3)19(15,20)22)24-12-14-9-7-6-8-10-14/h6-10,15-17,22-23H,4-5,11-13,21H2,1-3H3/t15-,16?,17?,19+,20+/m1/s1. The molecule has 1 aromatic rings. The summed E-state index contributed by atoms with van der Waals surface area (Å²) in [6.45, 7) is 6.46. The first-order valence-corrected chi connectivity index (χ1v) is 9.28. The highest BCUT2D eigenvalue weighted by Crippen LogP contribution is 2.72. The molecule has 1 heterocycles. The van der Waals surface area contributed by atoms with Gasteiger partial charge in [0.25, 0.3) is 0 Å². The molecule has 4 N–H and O–H groups in total. The average Bonchev–Trinajstić information content (AvgIpc) is 2.98. The first-order valence-electron chi connectivity index (χ1n) is 9.28. The molecular weight excluding hydrogens is 318 g/mol. The average molecular weight is 349 g/mol. The molecule has 3 rings (SSSR count). The predicted octanol–water partition coefficient (Wildman–Crippen LogP) is 2.20. The molecule has 0 spiro atoms. The summed E-state index contributed by atoms with van der Waals surface area (Å²) in [4.78, 5) is 0. The molecule has 2 fully saturated rings. The summed E-state index contributed by atoms with van der Waals surface area (Å²) in [5.74, 6) is -0.296. The lowest BCUT2D eigenvalue weighted by molar-refractivity contribution is -0.268. The van der Waals surface area contributed by atoms with Crippen LogP contribution >= 0.6 is 0 Å². The molecule has 1 aromatic carbocycles. The number of unbranched alkanes of at least 4 members (excludes halogenated alkanes) is 1. The normalized spacial score (nSPS) is 37.4. The molecule has 5 heteroatoms. The van der Waals surface area contributed by atoms with Crippen LogP contribution in [0, 0.1) is 11.3 Å². The maximum atomic E-state index is 11.3. The van der Waals surface area contributed by atoms with Crippen molar-refractivity contribution in [2.45, 2.75) is 70.2 Å². The highest BCUT2D eigenvalue weighted by molar-refractivity contribution is 5.37. The van der Waals surface area contributed by atoms with E-state index in [1.54, 1.807) is 0 Å². The van der Waals surface area contributed by atoms with Crippen LogP contribution in [0.2, 0.25) is 0 Å². The highest BCUT2D eigenvalue weighted by atomic mass is 16.7. The minimum Gasteiger partial charge on any atom is -0.386 e. The Labute approximate surface area is 150 Å². The fraction of sp³-hybridized carbons (Fsp3) is 0.700. The first-order chi connectivity index (χ1) is 11.8. The van der Waals surface area contributed by atoms with E-state index in [2.05, 4.69) is 6.92 Å². The van der Waals surface area contributed by atoms with Gasteiger partial charge in [0, 0.05) is 17.4 Å². The maximum absolute atomic E-state index is 11.3. The van der Waals surface area contributed by atoms with Crippen LogP contribution in [0.15, 0.2) is 30.3 Å². The van der Waals surface area contributed by atoms with E-state index in [0.29, 0.717) is 13.2 Å². The van der Waals surface area contributed by atoms with Gasteiger partial charge in [0.2, 0.25) is 0 Å². The van der Waals surface area contributed by atoms with Gasteiger partial charge in [-0.2, -0.15) is 0 Å². The molecule has 0 amide bonds. The number of nitrogens with two attached hydrogens (primary N) is 1. The Balaban J connectivity index is 1.74. The van der Waals surface area contributed by atoms with Crippen molar-refractivity contribution in [2.24, 2.45) is 17.1 Å². The second-order valence-corrected chi connectivity index (χ2v) is 8.03. The van der Waals surface area contributed by atoms with Gasteiger partial charge < -0.3 is 25.4 Å². The summed E-state index contributed by atoms with van der Waals surface area (Å²) in [5, 5.41) is 22.6. The number of fused-ring (bicyclic) bond motifs is 1. The molecule has 0 bridgehead atoms. The fourth-order valence-corrected chi connectivity index (χ4v) is 4.54. The van der Waals surface area contributed by atoms with Gasteiger partial charge in [-0.05, 0) is 12.0 Å². The van der Waals surface area contributed by atoms with E-state index in [9.17, 15) is 10.2 Å². The van der Waals surface area contributed by atoms with Crippen molar-refractivity contribution in [3.8, 4) is 0 Å². The van der Waals surface area contributed by atoms with Crippen LogP contribution in [0.4, 0.5) is 0 Å². The zero-order chi connectivity index (χ0) is 18.3. The summed E-state index contributed by atoms with van der Waals surface area (Å²) in [6.07, 6.45) is 2.01. The predicted molar refractivity (Wildman–Crippen MR) is 95.6 cm³/mol. The van der Waals surface area contributed by atoms with E-state index in [1.165, 1.54) is 0 Å². The number of hydrogen-bond acceptors (Lipinski definition) is 5. The highest BCUT2D eigenvalue weighted by Gasteiger charge is 2.90. The third-order valence-corrected chi connectivity index (χ3v) is 6.38. The Morgan fingerprint density at radius 2 is 1.92 bits per heavy atom. The third-order valence-electron chi connectivity index (χ3n) is 6.38. The summed E-state index contributed by atoms with van der Waals surface area (Å²) < 4.78 is 11.7. The van der Waals surface area contributed by atoms with Crippen LogP contribution in [0.5, 0.6) is 0 Å². The van der Waals surface area contributed by atoms with Crippen LogP contribution in [-0.2, 0) is 16.1 Å². The summed E-state index contributed by atoms with van der Waals surface area (Å²) in [5.41, 5.74) is 3.88. The topological polar surface area (TPSA) is 84.9 Å². The Hall–Kier alpha value is -0.980. The maximum Gasteiger partial charge on any atom is 0.190 e. The van der Waals surface area contributed by atoms with E-state index < -0.39 is 22.9 Å². The van der Waals surface area contributed by atoms with Crippen molar-refractivity contribution in [3.05, 3.63) is 35.9 Å². The lowest BCUT2D eigenvalue weighted by atomic mass is 9.84. The fourth-order valence-electron chi connectivity index (χ4n) is 4.54. The number of aliphatic hydroxyl groups is 2. The molecule has 5 nitrogen and oxygen atoms in total. The lowest BCUT2D eigenvalue weighted by Crippen LogP contribution is -2.56. The molecule has 1 aliphatic carbocycles. The number of ether oxygens (including phenoxy) is 2. The Morgan fingerprint density at radius 3 is 2.56 bits per heavy atom. The zero-order valence-electron chi connectivity index (χ0n) is 15.4. The van der Waals surface area contributed by atoms with Crippen LogP contribution < -0.4 is 5.73 Å². The van der Waals surface area contributed by atoms with Crippen LogP contribution in [0.25, 0.3) is 0 Å². The van der Waals surface area contributed by atoms with Gasteiger partial charge in [-0.1, -0.05) is 63.9 Å². The molecule has 1 aliphatic heterocycles. The van der Waals surface area contributed by atoms with Gasteiger partial charge in [0.1, 0.15) is 5.60 Å². The summed E-state index contributed by atoms with van der Waals surface area (Å²) >= 11 is 0. The van der Waals surface area contributed by atoms with Crippen LogP contribution in [0.3, 0.4) is 0 Å². The zero-order valence-corrected chi connectivity index (χ0v) is 15.4. The Kier molecular flexibility index (Phi) is 4.99. The second kappa shape index (κ2) is 6.63. The van der Waals surface area contributed by atoms with Crippen molar-refractivity contribution >= 4 is 0 Å². The third kappa shape index (κ3) is 2.64. The SMILES string of the molecule is CCCCC(N)[C@H]1COC(OCc2ccccc2)[C@]2(O)C(C)(C)[C@@]12O. The minimum absolute atomic E-state index is 0.201. The molecule has 5 atom stereocenters. The second-order valence-electron chi connectivity index (χ2n) is 8.03. The van der Waals surface area contributed by atoms with Gasteiger partial charge in [-0.3, -0.25) is 0 Å². The summed E-state index contributed by atoms with van der Waals surface area (Å²) in [7, 11) is 0. The van der Waals surface area contributed by atoms with Crippen molar-refractivity contribution in [1.82, 2.24) is 0 Å². The van der Waals surface area contributed by atoms with Gasteiger partial charge in [0.15, 0.2) is 11.9 Å². The van der Waals surface area contributed by atoms with Crippen LogP contribution in [0.1, 0.15) is 45.6 Å². The van der Waals surface area contributed by atoms with Gasteiger partial charge >= 0.3 is 0 Å². The molecule has 2 unspecified atom stereocenters. The van der Waals surface area contributed by atoms with Crippen LogP contribution in [-0.4, -0.2) is 40.4 Å². The molecule has 2 aliphatic rings. The largest absolute Gasteiger partial charge is 0.386 e. The summed E-state index contributed by atoms with van der Waals surface area (Å²) in [6, 6.07) is 9.54. The number of hydrogen-bond donors (Lipinski definition) is 3. The van der Waals surface area contributed by atoms with Crippen molar-refractivity contribution in [2.75, 3.05) is 6.61 Å². The van der Waals surface area contributed by atoms with E-state index in [0.717, 1.165) is 24.8 Å². The van der Waals surface area contributed by atoms with Crippen molar-refractivity contribution in [1.29, 1.82) is 0 Å². The number of rotatable bonds is 7. The monoisotopic (exact) mass is 349 g/mol. The van der Waals surface area contributed by atoms with E-state index >= 15 is 0 Å². The molecule has 140 valence electrons. The minimum atomic E-state index is -1.44. The number of benzene rings is 1. The quantitative estimate of drug-likeness (QED) is 0.703. The molecular formula is C20H31NO4. The molecule has 25 heavy (non-hydrogen) atoms. The molecule has 1 saturated carbocycles. The molecule has 1 saturated heterocycles. The van der Waals surface area contributed by atoms with E-state index in [1.807, 2.05) is 44.2 Å². The molecule has 0 aromatic heterocycles. The Bertz CT molecular complexity index is 593.